The molecule has 0 bridgehead atoms. The second kappa shape index (κ2) is 6.58. The van der Waals surface area contributed by atoms with Crippen LogP contribution in [0.5, 0.6) is 0 Å². The predicted octanol–water partition coefficient (Wildman–Crippen LogP) is -2.20. The zero-order valence-electron chi connectivity index (χ0n) is 6.48. The first-order valence-corrected chi connectivity index (χ1v) is 4.23. The molecule has 0 unspecified atom stereocenters. The van der Waals surface area contributed by atoms with Crippen LogP contribution in [-0.4, -0.2) is 42.3 Å². The molecule has 2 nitrogen and oxygen atoms in total. The van der Waals surface area contributed by atoms with E-state index in [4.69, 9.17) is 5.11 Å². The van der Waals surface area contributed by atoms with Gasteiger partial charge in [0.05, 0.1) is 20.6 Å². The smallest absolute Gasteiger partial charge is 0.133 e. The van der Waals surface area contributed by atoms with E-state index in [1.165, 1.54) is 0 Å². The summed E-state index contributed by atoms with van der Waals surface area (Å²) in [7, 11) is 4.26. The van der Waals surface area contributed by atoms with E-state index in [0.29, 0.717) is 6.61 Å². The third-order valence-electron chi connectivity index (χ3n) is 1.25. The molecule has 64 valence electrons. The summed E-state index contributed by atoms with van der Waals surface area (Å²) in [6, 6.07) is 0. The monoisotopic (exact) mass is 275 g/mol. The van der Waals surface area contributed by atoms with E-state index in [1.54, 1.807) is 0 Å². The fourth-order valence-corrected chi connectivity index (χ4v) is 0.809. The molecule has 0 heterocycles. The van der Waals surface area contributed by atoms with Crippen LogP contribution in [0.3, 0.4) is 0 Å². The Hall–Kier alpha value is 0.880. The Morgan fingerprint density at radius 3 is 2.20 bits per heavy atom. The van der Waals surface area contributed by atoms with Crippen molar-refractivity contribution in [3.63, 3.8) is 0 Å². The van der Waals surface area contributed by atoms with Crippen LogP contribution in [0.15, 0.2) is 0 Å². The minimum absolute atomic E-state index is 0. The van der Waals surface area contributed by atoms with Crippen molar-refractivity contribution in [2.24, 2.45) is 0 Å². The number of aliphatic hydroxyl groups excluding tert-OH is 1. The molecule has 10 heavy (non-hydrogen) atoms. The highest BCUT2D eigenvalue weighted by atomic mass is 79.9. The van der Waals surface area contributed by atoms with Gasteiger partial charge in [-0.05, 0) is 15.9 Å². The Morgan fingerprint density at radius 2 is 1.90 bits per heavy atom. The molecule has 0 aromatic rings. The third-order valence-corrected chi connectivity index (χ3v) is 2.60. The SMILES string of the molecule is C[N+](C)(CBr)CCCO.[Br-]. The lowest BCUT2D eigenvalue weighted by Gasteiger charge is -2.26. The van der Waals surface area contributed by atoms with Crippen LogP contribution >= 0.6 is 15.9 Å². The molecule has 0 aliphatic heterocycles. The van der Waals surface area contributed by atoms with Crippen LogP contribution in [0.4, 0.5) is 0 Å². The fraction of sp³-hybridized carbons (Fsp3) is 1.00. The average Bonchev–Trinajstić information content (AvgIpc) is 1.84. The van der Waals surface area contributed by atoms with E-state index in [2.05, 4.69) is 30.0 Å². The van der Waals surface area contributed by atoms with E-state index < -0.39 is 0 Å². The molecule has 0 aliphatic carbocycles. The van der Waals surface area contributed by atoms with Gasteiger partial charge in [-0.3, -0.25) is 0 Å². The Morgan fingerprint density at radius 1 is 1.40 bits per heavy atom. The van der Waals surface area contributed by atoms with Crippen LogP contribution in [0, 0.1) is 0 Å². The number of hydrogen-bond donors (Lipinski definition) is 1. The first-order valence-electron chi connectivity index (χ1n) is 3.11. The van der Waals surface area contributed by atoms with Crippen LogP contribution < -0.4 is 17.0 Å². The van der Waals surface area contributed by atoms with Gasteiger partial charge in [-0.2, -0.15) is 0 Å². The maximum Gasteiger partial charge on any atom is 0.133 e. The Kier molecular flexibility index (Phi) is 8.86. The number of hydrogen-bond acceptors (Lipinski definition) is 1. The van der Waals surface area contributed by atoms with Gasteiger partial charge in [0, 0.05) is 13.0 Å². The molecule has 0 atom stereocenters. The van der Waals surface area contributed by atoms with Crippen LogP contribution in [-0.2, 0) is 0 Å². The van der Waals surface area contributed by atoms with Gasteiger partial charge in [0.2, 0.25) is 0 Å². The highest BCUT2D eigenvalue weighted by Gasteiger charge is 2.10. The van der Waals surface area contributed by atoms with Gasteiger partial charge >= 0.3 is 0 Å². The zero-order chi connectivity index (χ0) is 7.33. The number of aliphatic hydroxyl groups is 1. The van der Waals surface area contributed by atoms with Gasteiger partial charge in [0.1, 0.15) is 5.45 Å². The molecule has 0 radical (unpaired) electrons. The van der Waals surface area contributed by atoms with Crippen molar-refractivity contribution >= 4 is 15.9 Å². The molecular formula is C6H15Br2NO. The van der Waals surface area contributed by atoms with E-state index in [9.17, 15) is 0 Å². The predicted molar refractivity (Wildman–Crippen MR) is 42.5 cm³/mol. The molecule has 0 fully saturated rings. The molecular weight excluding hydrogens is 262 g/mol. The molecule has 0 aromatic carbocycles. The molecule has 0 aliphatic rings. The molecule has 0 rings (SSSR count). The fourth-order valence-electron chi connectivity index (χ4n) is 0.559. The van der Waals surface area contributed by atoms with Crippen LogP contribution in [0.25, 0.3) is 0 Å². The summed E-state index contributed by atoms with van der Waals surface area (Å²) in [4.78, 5) is 0. The largest absolute Gasteiger partial charge is 1.00 e. The quantitative estimate of drug-likeness (QED) is 0.351. The summed E-state index contributed by atoms with van der Waals surface area (Å²) in [6.45, 7) is 1.33. The summed E-state index contributed by atoms with van der Waals surface area (Å²) in [6.07, 6.45) is 0.888. The highest BCUT2D eigenvalue weighted by Crippen LogP contribution is 2.01. The van der Waals surface area contributed by atoms with E-state index >= 15 is 0 Å². The van der Waals surface area contributed by atoms with Crippen molar-refractivity contribution in [3.8, 4) is 0 Å². The van der Waals surface area contributed by atoms with Gasteiger partial charge < -0.3 is 26.6 Å². The van der Waals surface area contributed by atoms with E-state index in [-0.39, 0.29) is 17.0 Å². The molecule has 1 N–H and O–H groups in total. The van der Waals surface area contributed by atoms with Crippen molar-refractivity contribution in [2.45, 2.75) is 6.42 Å². The van der Waals surface area contributed by atoms with Crippen molar-refractivity contribution in [1.82, 2.24) is 0 Å². The lowest BCUT2D eigenvalue weighted by Crippen LogP contribution is -3.00. The van der Waals surface area contributed by atoms with Crippen molar-refractivity contribution in [3.05, 3.63) is 0 Å². The van der Waals surface area contributed by atoms with Gasteiger partial charge in [0.15, 0.2) is 0 Å². The Bertz CT molecular complexity index is 78.1. The number of nitrogens with zero attached hydrogens (tertiary/aromatic N) is 1. The summed E-state index contributed by atoms with van der Waals surface area (Å²) < 4.78 is 0.931. The van der Waals surface area contributed by atoms with Gasteiger partial charge in [-0.1, -0.05) is 0 Å². The Balaban J connectivity index is 0. The zero-order valence-corrected chi connectivity index (χ0v) is 9.65. The van der Waals surface area contributed by atoms with Gasteiger partial charge in [0.25, 0.3) is 0 Å². The first-order chi connectivity index (χ1) is 4.12. The van der Waals surface area contributed by atoms with Gasteiger partial charge in [-0.25, -0.2) is 0 Å². The normalized spacial score (nSPS) is 10.8. The summed E-state index contributed by atoms with van der Waals surface area (Å²) in [5.41, 5.74) is 0.951. The number of alkyl halides is 1. The van der Waals surface area contributed by atoms with Crippen LogP contribution in [0.2, 0.25) is 0 Å². The maximum absolute atomic E-state index is 8.50. The number of quaternary nitrogens is 1. The Labute approximate surface area is 81.7 Å². The third kappa shape index (κ3) is 6.99. The molecule has 0 saturated heterocycles. The second-order valence-corrected chi connectivity index (χ2v) is 3.36. The summed E-state index contributed by atoms with van der Waals surface area (Å²) in [5.74, 6) is 0. The molecule has 0 saturated carbocycles. The lowest BCUT2D eigenvalue weighted by molar-refractivity contribution is -0.876. The summed E-state index contributed by atoms with van der Waals surface area (Å²) >= 11 is 3.39. The highest BCUT2D eigenvalue weighted by molar-refractivity contribution is 9.09. The summed E-state index contributed by atoms with van der Waals surface area (Å²) in [5, 5.41) is 8.50. The van der Waals surface area contributed by atoms with E-state index in [1.807, 2.05) is 0 Å². The minimum Gasteiger partial charge on any atom is -1.00 e. The molecule has 0 aromatic heterocycles. The molecule has 4 heteroatoms. The standard InChI is InChI=1S/C6H15BrNO.BrH/c1-8(2,6-7)4-3-5-9;/h9H,3-6H2,1-2H3;1H/q+1;/p-1. The van der Waals surface area contributed by atoms with E-state index in [0.717, 1.165) is 22.9 Å². The molecule has 0 amide bonds. The van der Waals surface area contributed by atoms with Crippen molar-refractivity contribution < 1.29 is 26.6 Å². The minimum atomic E-state index is 0. The van der Waals surface area contributed by atoms with Crippen molar-refractivity contribution in [2.75, 3.05) is 32.7 Å². The number of rotatable bonds is 4. The van der Waals surface area contributed by atoms with Crippen LogP contribution in [0.1, 0.15) is 6.42 Å². The van der Waals surface area contributed by atoms with Crippen molar-refractivity contribution in [1.29, 1.82) is 0 Å². The topological polar surface area (TPSA) is 20.2 Å². The van der Waals surface area contributed by atoms with Gasteiger partial charge in [-0.15, -0.1) is 0 Å². The number of halogens is 2. The maximum atomic E-state index is 8.50. The molecule has 0 spiro atoms. The average molecular weight is 277 g/mol. The second-order valence-electron chi connectivity index (χ2n) is 2.86. The first kappa shape index (κ1) is 13.5. The lowest BCUT2D eigenvalue weighted by atomic mass is 10.4.